The van der Waals surface area contributed by atoms with Crippen LogP contribution in [0.1, 0.15) is 32.8 Å². The van der Waals surface area contributed by atoms with Crippen molar-refractivity contribution < 1.29 is 9.90 Å². The first-order chi connectivity index (χ1) is 8.50. The molecular formula is C15H21NO2. The summed E-state index contributed by atoms with van der Waals surface area (Å²) in [4.78, 5) is 14.0. The van der Waals surface area contributed by atoms with E-state index in [1.165, 1.54) is 5.56 Å². The highest BCUT2D eigenvalue weighted by Crippen LogP contribution is 2.38. The van der Waals surface area contributed by atoms with Gasteiger partial charge < -0.3 is 10.0 Å². The molecule has 1 saturated heterocycles. The van der Waals surface area contributed by atoms with Crippen molar-refractivity contribution in [2.45, 2.75) is 39.2 Å². The maximum absolute atomic E-state index is 12.1. The molecule has 1 atom stereocenters. The number of nitrogens with zero attached hydrogens (tertiary/aromatic N) is 1. The first kappa shape index (κ1) is 13.1. The molecule has 18 heavy (non-hydrogen) atoms. The fourth-order valence-corrected chi connectivity index (χ4v) is 2.70. The molecule has 0 saturated carbocycles. The molecule has 1 heterocycles. The monoisotopic (exact) mass is 247 g/mol. The lowest BCUT2D eigenvalue weighted by atomic mass is 9.89. The van der Waals surface area contributed by atoms with Crippen molar-refractivity contribution in [3.05, 3.63) is 29.8 Å². The third kappa shape index (κ3) is 2.03. The van der Waals surface area contributed by atoms with Crippen LogP contribution in [0, 0.1) is 5.92 Å². The number of carbonyl (C=O) groups excluding carboxylic acids is 1. The smallest absolute Gasteiger partial charge is 0.227 e. The maximum atomic E-state index is 12.1. The Labute approximate surface area is 108 Å². The molecule has 1 unspecified atom stereocenters. The van der Waals surface area contributed by atoms with Gasteiger partial charge in [-0.1, -0.05) is 19.1 Å². The lowest BCUT2D eigenvalue weighted by Gasteiger charge is -2.35. The molecule has 0 radical (unpaired) electrons. The van der Waals surface area contributed by atoms with E-state index in [0.29, 0.717) is 6.42 Å². The minimum atomic E-state index is -0.320. The van der Waals surface area contributed by atoms with Gasteiger partial charge in [0.05, 0.1) is 0 Å². The van der Waals surface area contributed by atoms with Gasteiger partial charge in [-0.3, -0.25) is 4.79 Å². The second-order valence-electron chi connectivity index (χ2n) is 5.49. The standard InChI is InChI=1S/C15H21NO2/c1-4-11-5-7-13(8-6-11)16-14(18)9-12(10-17)15(16,2)3/h5-8,12,17H,4,9-10H2,1-3H3. The zero-order valence-corrected chi connectivity index (χ0v) is 11.3. The molecule has 0 spiro atoms. The minimum absolute atomic E-state index is 0.0100. The summed E-state index contributed by atoms with van der Waals surface area (Å²) in [5.74, 6) is 0.110. The highest BCUT2D eigenvalue weighted by molar-refractivity contribution is 5.97. The summed E-state index contributed by atoms with van der Waals surface area (Å²) in [5.41, 5.74) is 1.87. The van der Waals surface area contributed by atoms with Crippen LogP contribution in [-0.4, -0.2) is 23.2 Å². The molecule has 1 fully saturated rings. The van der Waals surface area contributed by atoms with Crippen LogP contribution in [0.5, 0.6) is 0 Å². The van der Waals surface area contributed by atoms with E-state index in [-0.39, 0.29) is 24.0 Å². The Kier molecular flexibility index (Phi) is 3.44. The lowest BCUT2D eigenvalue weighted by molar-refractivity contribution is -0.117. The summed E-state index contributed by atoms with van der Waals surface area (Å²) < 4.78 is 0. The average molecular weight is 247 g/mol. The number of carbonyl (C=O) groups is 1. The molecule has 0 aliphatic carbocycles. The summed E-state index contributed by atoms with van der Waals surface area (Å²) >= 11 is 0. The van der Waals surface area contributed by atoms with Crippen LogP contribution < -0.4 is 4.90 Å². The van der Waals surface area contributed by atoms with Crippen LogP contribution in [0.3, 0.4) is 0 Å². The second-order valence-corrected chi connectivity index (χ2v) is 5.49. The summed E-state index contributed by atoms with van der Waals surface area (Å²) in [5, 5.41) is 9.39. The van der Waals surface area contributed by atoms with Gasteiger partial charge >= 0.3 is 0 Å². The van der Waals surface area contributed by atoms with Crippen molar-refractivity contribution >= 4 is 11.6 Å². The van der Waals surface area contributed by atoms with Gasteiger partial charge in [-0.2, -0.15) is 0 Å². The first-order valence-corrected chi connectivity index (χ1v) is 6.53. The van der Waals surface area contributed by atoms with E-state index in [1.54, 1.807) is 0 Å². The maximum Gasteiger partial charge on any atom is 0.227 e. The van der Waals surface area contributed by atoms with E-state index >= 15 is 0 Å². The highest BCUT2D eigenvalue weighted by atomic mass is 16.3. The number of rotatable bonds is 3. The normalized spacial score (nSPS) is 22.6. The summed E-state index contributed by atoms with van der Waals surface area (Å²) in [7, 11) is 0. The molecule has 3 heteroatoms. The molecule has 0 bridgehead atoms. The number of hydrogen-bond acceptors (Lipinski definition) is 2. The van der Waals surface area contributed by atoms with Crippen molar-refractivity contribution in [3.8, 4) is 0 Å². The Morgan fingerprint density at radius 2 is 1.94 bits per heavy atom. The molecule has 1 aromatic rings. The Balaban J connectivity index is 2.33. The van der Waals surface area contributed by atoms with Crippen LogP contribution in [0.2, 0.25) is 0 Å². The van der Waals surface area contributed by atoms with Crippen LogP contribution in [0.25, 0.3) is 0 Å². The van der Waals surface area contributed by atoms with Gasteiger partial charge in [0.25, 0.3) is 0 Å². The summed E-state index contributed by atoms with van der Waals surface area (Å²) in [6, 6.07) is 8.12. The van der Waals surface area contributed by atoms with E-state index in [9.17, 15) is 9.90 Å². The van der Waals surface area contributed by atoms with Crippen molar-refractivity contribution in [2.75, 3.05) is 11.5 Å². The fourth-order valence-electron chi connectivity index (χ4n) is 2.70. The molecule has 2 rings (SSSR count). The van der Waals surface area contributed by atoms with Gasteiger partial charge in [0.15, 0.2) is 0 Å². The van der Waals surface area contributed by atoms with Gasteiger partial charge in [-0.15, -0.1) is 0 Å². The van der Waals surface area contributed by atoms with Gasteiger partial charge in [-0.25, -0.2) is 0 Å². The number of aliphatic hydroxyl groups excluding tert-OH is 1. The van der Waals surface area contributed by atoms with E-state index in [1.807, 2.05) is 30.9 Å². The van der Waals surface area contributed by atoms with Gasteiger partial charge in [0.1, 0.15) is 0 Å². The van der Waals surface area contributed by atoms with Crippen molar-refractivity contribution in [3.63, 3.8) is 0 Å². The number of aliphatic hydroxyl groups is 1. The zero-order chi connectivity index (χ0) is 13.3. The molecule has 1 amide bonds. The summed E-state index contributed by atoms with van der Waals surface area (Å²) in [6.07, 6.45) is 1.43. The van der Waals surface area contributed by atoms with Crippen LogP contribution in [0.4, 0.5) is 5.69 Å². The Morgan fingerprint density at radius 1 is 1.33 bits per heavy atom. The third-order valence-electron chi connectivity index (χ3n) is 4.07. The minimum Gasteiger partial charge on any atom is -0.396 e. The Hall–Kier alpha value is -1.35. The zero-order valence-electron chi connectivity index (χ0n) is 11.3. The third-order valence-corrected chi connectivity index (χ3v) is 4.07. The van der Waals surface area contributed by atoms with Crippen LogP contribution >= 0.6 is 0 Å². The molecule has 1 aliphatic heterocycles. The first-order valence-electron chi connectivity index (χ1n) is 6.53. The second kappa shape index (κ2) is 4.73. The van der Waals surface area contributed by atoms with E-state index in [4.69, 9.17) is 0 Å². The number of hydrogen-bond donors (Lipinski definition) is 1. The largest absolute Gasteiger partial charge is 0.396 e. The predicted molar refractivity (Wildman–Crippen MR) is 72.6 cm³/mol. The lowest BCUT2D eigenvalue weighted by Crippen LogP contribution is -2.45. The van der Waals surface area contributed by atoms with Gasteiger partial charge in [-0.05, 0) is 38.0 Å². The van der Waals surface area contributed by atoms with E-state index in [2.05, 4.69) is 19.1 Å². The molecule has 1 aliphatic rings. The predicted octanol–water partition coefficient (Wildman–Crippen LogP) is 2.37. The van der Waals surface area contributed by atoms with E-state index < -0.39 is 0 Å². The number of benzene rings is 1. The van der Waals surface area contributed by atoms with Crippen molar-refractivity contribution in [1.82, 2.24) is 0 Å². The summed E-state index contributed by atoms with van der Waals surface area (Å²) in [6.45, 7) is 6.21. The molecular weight excluding hydrogens is 226 g/mol. The van der Waals surface area contributed by atoms with E-state index in [0.717, 1.165) is 12.1 Å². The highest BCUT2D eigenvalue weighted by Gasteiger charge is 2.46. The topological polar surface area (TPSA) is 40.5 Å². The quantitative estimate of drug-likeness (QED) is 0.891. The SMILES string of the molecule is CCc1ccc(N2C(=O)CC(CO)C2(C)C)cc1. The molecule has 1 aromatic carbocycles. The Bertz CT molecular complexity index is 436. The van der Waals surface area contributed by atoms with Crippen molar-refractivity contribution in [1.29, 1.82) is 0 Å². The number of amides is 1. The van der Waals surface area contributed by atoms with Gasteiger partial charge in [0.2, 0.25) is 5.91 Å². The molecule has 98 valence electrons. The fraction of sp³-hybridized carbons (Fsp3) is 0.533. The van der Waals surface area contributed by atoms with Crippen LogP contribution in [0.15, 0.2) is 24.3 Å². The number of aryl methyl sites for hydroxylation is 1. The molecule has 0 aromatic heterocycles. The molecule has 3 nitrogen and oxygen atoms in total. The Morgan fingerprint density at radius 3 is 2.39 bits per heavy atom. The van der Waals surface area contributed by atoms with Gasteiger partial charge in [0, 0.05) is 30.2 Å². The van der Waals surface area contributed by atoms with Crippen LogP contribution in [-0.2, 0) is 11.2 Å². The van der Waals surface area contributed by atoms with Crippen molar-refractivity contribution in [2.24, 2.45) is 5.92 Å². The number of anilines is 1. The molecule has 1 N–H and O–H groups in total. The average Bonchev–Trinajstić information content (AvgIpc) is 2.59.